The molecule has 0 unspecified atom stereocenters. The van der Waals surface area contributed by atoms with Gasteiger partial charge in [-0.3, -0.25) is 0 Å². The summed E-state index contributed by atoms with van der Waals surface area (Å²) in [4.78, 5) is 15.2. The monoisotopic (exact) mass is 226 g/mol. The predicted molar refractivity (Wildman–Crippen MR) is 61.4 cm³/mol. The number of hydrogen-bond acceptors (Lipinski definition) is 4. The third-order valence-electron chi connectivity index (χ3n) is 1.83. The standard InChI is InChI=1S/C10H14N2O2S/c1-7-9(10(13)14)15-8(12-7)5-3-4-6-11-2/h3,5,11H,4,6H2,1-2H3,(H,13,14). The van der Waals surface area contributed by atoms with E-state index in [1.807, 2.05) is 19.2 Å². The van der Waals surface area contributed by atoms with E-state index in [4.69, 9.17) is 5.11 Å². The number of carbonyl (C=O) groups is 1. The molecule has 0 aromatic carbocycles. The van der Waals surface area contributed by atoms with Crippen LogP contribution in [0.3, 0.4) is 0 Å². The molecule has 0 radical (unpaired) electrons. The normalized spacial score (nSPS) is 11.1. The molecular formula is C10H14N2O2S. The smallest absolute Gasteiger partial charge is 0.347 e. The number of aromatic carboxylic acids is 1. The van der Waals surface area contributed by atoms with Crippen LogP contribution < -0.4 is 5.32 Å². The van der Waals surface area contributed by atoms with E-state index in [-0.39, 0.29) is 0 Å². The number of carboxylic acid groups (broad SMARTS) is 1. The Balaban J connectivity index is 2.67. The highest BCUT2D eigenvalue weighted by Gasteiger charge is 2.11. The lowest BCUT2D eigenvalue weighted by Gasteiger charge is -1.89. The zero-order valence-electron chi connectivity index (χ0n) is 8.78. The molecule has 0 amide bonds. The van der Waals surface area contributed by atoms with E-state index in [1.165, 1.54) is 11.3 Å². The van der Waals surface area contributed by atoms with E-state index < -0.39 is 5.97 Å². The Morgan fingerprint density at radius 2 is 2.40 bits per heavy atom. The summed E-state index contributed by atoms with van der Waals surface area (Å²) in [5.41, 5.74) is 0.584. The minimum Gasteiger partial charge on any atom is -0.477 e. The molecule has 0 saturated heterocycles. The SMILES string of the molecule is CNCCC=Cc1nc(C)c(C(=O)O)s1. The fourth-order valence-corrected chi connectivity index (χ4v) is 1.94. The first-order chi connectivity index (χ1) is 7.15. The van der Waals surface area contributed by atoms with Gasteiger partial charge in [0.25, 0.3) is 0 Å². The second-order valence-corrected chi connectivity index (χ2v) is 4.10. The van der Waals surface area contributed by atoms with Crippen molar-refractivity contribution in [1.82, 2.24) is 10.3 Å². The van der Waals surface area contributed by atoms with E-state index in [1.54, 1.807) is 6.92 Å². The van der Waals surface area contributed by atoms with Crippen LogP contribution in [0.15, 0.2) is 6.08 Å². The van der Waals surface area contributed by atoms with Gasteiger partial charge in [-0.15, -0.1) is 11.3 Å². The fourth-order valence-electron chi connectivity index (χ4n) is 1.10. The van der Waals surface area contributed by atoms with E-state index in [0.29, 0.717) is 10.6 Å². The lowest BCUT2D eigenvalue weighted by Crippen LogP contribution is -2.05. The van der Waals surface area contributed by atoms with Gasteiger partial charge in [-0.2, -0.15) is 0 Å². The minimum atomic E-state index is -0.903. The number of rotatable bonds is 5. The lowest BCUT2D eigenvalue weighted by molar-refractivity contribution is 0.0701. The number of carboxylic acids is 1. The summed E-state index contributed by atoms with van der Waals surface area (Å²) in [5.74, 6) is -0.903. The molecule has 1 aromatic rings. The molecule has 82 valence electrons. The topological polar surface area (TPSA) is 62.2 Å². The van der Waals surface area contributed by atoms with Gasteiger partial charge in [0.05, 0.1) is 5.69 Å². The average molecular weight is 226 g/mol. The van der Waals surface area contributed by atoms with E-state index in [0.717, 1.165) is 18.0 Å². The van der Waals surface area contributed by atoms with Crippen LogP contribution in [0.25, 0.3) is 6.08 Å². The Morgan fingerprint density at radius 3 is 2.93 bits per heavy atom. The Kier molecular flexibility index (Phi) is 4.45. The van der Waals surface area contributed by atoms with Crippen LogP contribution in [-0.4, -0.2) is 29.7 Å². The maximum Gasteiger partial charge on any atom is 0.347 e. The van der Waals surface area contributed by atoms with Gasteiger partial charge in [-0.05, 0) is 33.0 Å². The van der Waals surface area contributed by atoms with Crippen molar-refractivity contribution in [2.45, 2.75) is 13.3 Å². The average Bonchev–Trinajstić information content (AvgIpc) is 2.55. The second-order valence-electron chi connectivity index (χ2n) is 3.07. The van der Waals surface area contributed by atoms with Crippen molar-refractivity contribution in [3.63, 3.8) is 0 Å². The van der Waals surface area contributed by atoms with Gasteiger partial charge in [-0.25, -0.2) is 9.78 Å². The van der Waals surface area contributed by atoms with E-state index in [2.05, 4.69) is 10.3 Å². The third kappa shape index (κ3) is 3.45. The minimum absolute atomic E-state index is 0.322. The van der Waals surface area contributed by atoms with Gasteiger partial charge in [0.15, 0.2) is 0 Å². The Bertz CT molecular complexity index is 371. The predicted octanol–water partition coefficient (Wildman–Crippen LogP) is 1.77. The summed E-state index contributed by atoms with van der Waals surface area (Å²) >= 11 is 1.21. The van der Waals surface area contributed by atoms with Gasteiger partial charge >= 0.3 is 5.97 Å². The summed E-state index contributed by atoms with van der Waals surface area (Å²) < 4.78 is 0. The number of aromatic nitrogens is 1. The second kappa shape index (κ2) is 5.63. The number of aryl methyl sites for hydroxylation is 1. The molecule has 1 rings (SSSR count). The quantitative estimate of drug-likeness (QED) is 0.751. The van der Waals surface area contributed by atoms with Crippen molar-refractivity contribution in [2.24, 2.45) is 0 Å². The summed E-state index contributed by atoms with van der Waals surface area (Å²) in [6.45, 7) is 2.62. The molecule has 0 aliphatic carbocycles. The third-order valence-corrected chi connectivity index (χ3v) is 2.94. The first-order valence-corrected chi connectivity index (χ1v) is 5.48. The van der Waals surface area contributed by atoms with Crippen molar-refractivity contribution >= 4 is 23.4 Å². The largest absolute Gasteiger partial charge is 0.477 e. The lowest BCUT2D eigenvalue weighted by atomic mass is 10.4. The van der Waals surface area contributed by atoms with Gasteiger partial charge in [-0.1, -0.05) is 6.08 Å². The fraction of sp³-hybridized carbons (Fsp3) is 0.400. The Hall–Kier alpha value is -1.20. The Morgan fingerprint density at radius 1 is 1.67 bits per heavy atom. The van der Waals surface area contributed by atoms with Gasteiger partial charge in [0.2, 0.25) is 0 Å². The van der Waals surface area contributed by atoms with Crippen molar-refractivity contribution in [3.05, 3.63) is 21.7 Å². The molecular weight excluding hydrogens is 212 g/mol. The summed E-state index contributed by atoms with van der Waals surface area (Å²) in [6.07, 6.45) is 4.76. The van der Waals surface area contributed by atoms with Crippen molar-refractivity contribution in [2.75, 3.05) is 13.6 Å². The van der Waals surface area contributed by atoms with Crippen LogP contribution in [0.4, 0.5) is 0 Å². The molecule has 0 aliphatic rings. The Labute approximate surface area is 92.7 Å². The van der Waals surface area contributed by atoms with Crippen molar-refractivity contribution in [3.8, 4) is 0 Å². The maximum atomic E-state index is 10.7. The van der Waals surface area contributed by atoms with Gasteiger partial charge < -0.3 is 10.4 Å². The highest BCUT2D eigenvalue weighted by atomic mass is 32.1. The first-order valence-electron chi connectivity index (χ1n) is 4.67. The van der Waals surface area contributed by atoms with Crippen molar-refractivity contribution < 1.29 is 9.90 Å². The summed E-state index contributed by atoms with van der Waals surface area (Å²) in [5, 5.41) is 12.6. The van der Waals surface area contributed by atoms with E-state index >= 15 is 0 Å². The molecule has 2 N–H and O–H groups in total. The van der Waals surface area contributed by atoms with Crippen molar-refractivity contribution in [1.29, 1.82) is 0 Å². The van der Waals surface area contributed by atoms with Gasteiger partial charge in [0.1, 0.15) is 9.88 Å². The zero-order chi connectivity index (χ0) is 11.3. The van der Waals surface area contributed by atoms with Crippen LogP contribution in [0.5, 0.6) is 0 Å². The number of thiazole rings is 1. The molecule has 0 atom stereocenters. The van der Waals surface area contributed by atoms with E-state index in [9.17, 15) is 4.79 Å². The maximum absolute atomic E-state index is 10.7. The van der Waals surface area contributed by atoms with Crippen LogP contribution >= 0.6 is 11.3 Å². The van der Waals surface area contributed by atoms with Crippen LogP contribution in [0.1, 0.15) is 26.8 Å². The zero-order valence-corrected chi connectivity index (χ0v) is 9.60. The molecule has 1 aromatic heterocycles. The summed E-state index contributed by atoms with van der Waals surface area (Å²) in [7, 11) is 1.89. The molecule has 0 saturated carbocycles. The number of nitrogens with zero attached hydrogens (tertiary/aromatic N) is 1. The molecule has 0 fully saturated rings. The highest BCUT2D eigenvalue weighted by Crippen LogP contribution is 2.19. The highest BCUT2D eigenvalue weighted by molar-refractivity contribution is 7.14. The van der Waals surface area contributed by atoms with Gasteiger partial charge in [0, 0.05) is 0 Å². The molecule has 15 heavy (non-hydrogen) atoms. The molecule has 0 aliphatic heterocycles. The van der Waals surface area contributed by atoms with Crippen LogP contribution in [-0.2, 0) is 0 Å². The number of hydrogen-bond donors (Lipinski definition) is 2. The first kappa shape index (κ1) is 11.9. The molecule has 0 bridgehead atoms. The molecule has 4 nitrogen and oxygen atoms in total. The van der Waals surface area contributed by atoms with Crippen LogP contribution in [0, 0.1) is 6.92 Å². The van der Waals surface area contributed by atoms with Crippen LogP contribution in [0.2, 0.25) is 0 Å². The molecule has 5 heteroatoms. The number of nitrogens with one attached hydrogen (secondary N) is 1. The summed E-state index contributed by atoms with van der Waals surface area (Å²) in [6, 6.07) is 0. The molecule has 0 spiro atoms. The molecule has 1 heterocycles.